The van der Waals surface area contributed by atoms with Crippen molar-refractivity contribution in [1.82, 2.24) is 9.97 Å². The maximum absolute atomic E-state index is 11.2. The quantitative estimate of drug-likeness (QED) is 0.621. The van der Waals surface area contributed by atoms with Crippen LogP contribution in [0.15, 0.2) is 16.5 Å². The van der Waals surface area contributed by atoms with E-state index in [1.807, 2.05) is 11.4 Å². The molecule has 0 fully saturated rings. The fourth-order valence-electron chi connectivity index (χ4n) is 1.54. The molecule has 0 saturated heterocycles. The number of hydrogen-bond acceptors (Lipinski definition) is 7. The predicted molar refractivity (Wildman–Crippen MR) is 86.6 cm³/mol. The van der Waals surface area contributed by atoms with Crippen LogP contribution < -0.4 is 5.32 Å². The van der Waals surface area contributed by atoms with Gasteiger partial charge in [0.25, 0.3) is 0 Å². The molecule has 0 radical (unpaired) electrons. The van der Waals surface area contributed by atoms with Gasteiger partial charge in [0.15, 0.2) is 0 Å². The van der Waals surface area contributed by atoms with Crippen molar-refractivity contribution in [3.63, 3.8) is 0 Å². The molecule has 2 rings (SSSR count). The number of aromatic nitrogens is 2. The van der Waals surface area contributed by atoms with E-state index in [9.17, 15) is 8.42 Å². The number of nitrogens with zero attached hydrogens (tertiary/aromatic N) is 2. The van der Waals surface area contributed by atoms with E-state index in [-0.39, 0.29) is 5.75 Å². The monoisotopic (exact) mass is 331 g/mol. The van der Waals surface area contributed by atoms with Gasteiger partial charge in [0.2, 0.25) is 5.95 Å². The third-order valence-electron chi connectivity index (χ3n) is 2.52. The normalized spacial score (nSPS) is 11.9. The van der Waals surface area contributed by atoms with Crippen molar-refractivity contribution in [1.29, 1.82) is 0 Å². The number of fused-ring (bicyclic) bond motifs is 1. The Kier molecular flexibility index (Phi) is 5.22. The van der Waals surface area contributed by atoms with Crippen LogP contribution in [0.5, 0.6) is 0 Å². The molecule has 20 heavy (non-hydrogen) atoms. The first kappa shape index (κ1) is 15.5. The molecule has 0 spiro atoms. The second-order valence-electron chi connectivity index (χ2n) is 4.40. The van der Waals surface area contributed by atoms with Gasteiger partial charge in [-0.1, -0.05) is 6.92 Å². The van der Waals surface area contributed by atoms with Crippen molar-refractivity contribution in [2.24, 2.45) is 0 Å². The second-order valence-corrected chi connectivity index (χ2v) is 8.63. The third kappa shape index (κ3) is 4.32. The molecule has 0 amide bonds. The van der Waals surface area contributed by atoms with Crippen molar-refractivity contribution in [3.05, 3.63) is 11.4 Å². The number of sulfone groups is 1. The van der Waals surface area contributed by atoms with Crippen LogP contribution in [0.2, 0.25) is 0 Å². The van der Waals surface area contributed by atoms with Crippen molar-refractivity contribution in [3.8, 4) is 0 Å². The van der Waals surface area contributed by atoms with Gasteiger partial charge >= 0.3 is 0 Å². The molecule has 8 heteroatoms. The number of rotatable bonds is 7. The average molecular weight is 331 g/mol. The van der Waals surface area contributed by atoms with E-state index in [1.54, 1.807) is 11.3 Å². The standard InChI is InChI=1S/C12H17N3O2S3/c1-3-5-13-12-14-10-9(4-6-18-10)11(15-12)19-7-8-20(2,16)17/h4,6H,3,5,7-8H2,1-2H3,(H,13,14,15). The summed E-state index contributed by atoms with van der Waals surface area (Å²) in [7, 11) is -2.94. The molecule has 0 atom stereocenters. The summed E-state index contributed by atoms with van der Waals surface area (Å²) in [5.41, 5.74) is 0. The van der Waals surface area contributed by atoms with Crippen molar-refractivity contribution in [2.75, 3.05) is 29.6 Å². The van der Waals surface area contributed by atoms with E-state index in [2.05, 4.69) is 22.2 Å². The first-order valence-corrected chi connectivity index (χ1v) is 10.2. The minimum Gasteiger partial charge on any atom is -0.354 e. The fourth-order valence-corrected chi connectivity index (χ4v) is 4.58. The van der Waals surface area contributed by atoms with E-state index >= 15 is 0 Å². The van der Waals surface area contributed by atoms with Crippen LogP contribution in [0.3, 0.4) is 0 Å². The van der Waals surface area contributed by atoms with E-state index in [1.165, 1.54) is 18.0 Å². The van der Waals surface area contributed by atoms with E-state index in [4.69, 9.17) is 0 Å². The lowest BCUT2D eigenvalue weighted by molar-refractivity contribution is 0.603. The molecule has 5 nitrogen and oxygen atoms in total. The van der Waals surface area contributed by atoms with Gasteiger partial charge < -0.3 is 5.32 Å². The fraction of sp³-hybridized carbons (Fsp3) is 0.500. The van der Waals surface area contributed by atoms with Crippen LogP contribution in [0.25, 0.3) is 10.2 Å². The molecule has 0 aliphatic rings. The molecule has 1 N–H and O–H groups in total. The summed E-state index contributed by atoms with van der Waals surface area (Å²) in [6.07, 6.45) is 2.25. The van der Waals surface area contributed by atoms with Crippen LogP contribution in [-0.4, -0.2) is 42.7 Å². The zero-order chi connectivity index (χ0) is 14.6. The molecule has 0 bridgehead atoms. The molecule has 2 aromatic rings. The molecule has 0 aromatic carbocycles. The summed E-state index contributed by atoms with van der Waals surface area (Å²) in [4.78, 5) is 9.87. The van der Waals surface area contributed by atoms with E-state index in [0.29, 0.717) is 11.7 Å². The first-order valence-electron chi connectivity index (χ1n) is 6.29. The Balaban J connectivity index is 2.19. The molecule has 0 unspecified atom stereocenters. The first-order chi connectivity index (χ1) is 9.49. The lowest BCUT2D eigenvalue weighted by atomic mass is 10.4. The highest BCUT2D eigenvalue weighted by Crippen LogP contribution is 2.29. The number of hydrogen-bond donors (Lipinski definition) is 1. The molecule has 2 heterocycles. The molecular weight excluding hydrogens is 314 g/mol. The highest BCUT2D eigenvalue weighted by Gasteiger charge is 2.10. The zero-order valence-corrected chi connectivity index (χ0v) is 13.9. The lowest BCUT2D eigenvalue weighted by Gasteiger charge is -2.06. The Bertz CT molecular complexity index is 682. The van der Waals surface area contributed by atoms with Gasteiger partial charge in [-0.2, -0.15) is 0 Å². The summed E-state index contributed by atoms with van der Waals surface area (Å²) < 4.78 is 22.4. The van der Waals surface area contributed by atoms with Gasteiger partial charge in [-0.25, -0.2) is 18.4 Å². The largest absolute Gasteiger partial charge is 0.354 e. The van der Waals surface area contributed by atoms with Gasteiger partial charge in [-0.3, -0.25) is 0 Å². The molecule has 0 aliphatic heterocycles. The summed E-state index contributed by atoms with van der Waals surface area (Å²) in [5, 5.41) is 6.99. The minimum atomic E-state index is -2.94. The summed E-state index contributed by atoms with van der Waals surface area (Å²) >= 11 is 3.03. The summed E-state index contributed by atoms with van der Waals surface area (Å²) in [6, 6.07) is 1.98. The van der Waals surface area contributed by atoms with E-state index < -0.39 is 9.84 Å². The number of anilines is 1. The van der Waals surface area contributed by atoms with Crippen LogP contribution in [0.4, 0.5) is 5.95 Å². The van der Waals surface area contributed by atoms with Crippen LogP contribution in [0.1, 0.15) is 13.3 Å². The zero-order valence-electron chi connectivity index (χ0n) is 11.4. The highest BCUT2D eigenvalue weighted by atomic mass is 32.2. The van der Waals surface area contributed by atoms with Crippen LogP contribution >= 0.6 is 23.1 Å². The maximum Gasteiger partial charge on any atom is 0.225 e. The molecule has 0 aliphatic carbocycles. The minimum absolute atomic E-state index is 0.158. The van der Waals surface area contributed by atoms with Crippen LogP contribution in [0, 0.1) is 0 Å². The Labute approximate surface area is 127 Å². The number of thiophene rings is 1. The van der Waals surface area contributed by atoms with Gasteiger partial charge in [0, 0.05) is 23.9 Å². The van der Waals surface area contributed by atoms with Crippen molar-refractivity contribution in [2.45, 2.75) is 18.4 Å². The molecular formula is C12H17N3O2S3. The third-order valence-corrected chi connectivity index (χ3v) is 5.52. The smallest absolute Gasteiger partial charge is 0.225 e. The Hall–Kier alpha value is -0.860. The van der Waals surface area contributed by atoms with Gasteiger partial charge in [0.05, 0.1) is 5.75 Å². The van der Waals surface area contributed by atoms with Gasteiger partial charge in [0.1, 0.15) is 19.7 Å². The molecule has 2 aromatic heterocycles. The SMILES string of the molecule is CCCNc1nc(SCCS(C)(=O)=O)c2ccsc2n1. The van der Waals surface area contributed by atoms with Gasteiger partial charge in [-0.15, -0.1) is 23.1 Å². The number of thioether (sulfide) groups is 1. The van der Waals surface area contributed by atoms with Crippen molar-refractivity contribution < 1.29 is 8.42 Å². The predicted octanol–water partition coefficient (Wildman–Crippen LogP) is 2.65. The molecule has 0 saturated carbocycles. The van der Waals surface area contributed by atoms with E-state index in [0.717, 1.165) is 28.2 Å². The summed E-state index contributed by atoms with van der Waals surface area (Å²) in [6.45, 7) is 2.91. The highest BCUT2D eigenvalue weighted by molar-refractivity contribution is 8.00. The Morgan fingerprint density at radius 3 is 2.90 bits per heavy atom. The average Bonchev–Trinajstić information content (AvgIpc) is 2.83. The Morgan fingerprint density at radius 2 is 2.20 bits per heavy atom. The second kappa shape index (κ2) is 6.73. The van der Waals surface area contributed by atoms with Gasteiger partial charge in [-0.05, 0) is 17.9 Å². The lowest BCUT2D eigenvalue weighted by Crippen LogP contribution is -2.07. The maximum atomic E-state index is 11.2. The van der Waals surface area contributed by atoms with Crippen LogP contribution in [-0.2, 0) is 9.84 Å². The number of nitrogens with one attached hydrogen (secondary N) is 1. The van der Waals surface area contributed by atoms with Crippen molar-refractivity contribution >= 4 is 49.1 Å². The topological polar surface area (TPSA) is 72.0 Å². The summed E-state index contributed by atoms with van der Waals surface area (Å²) in [5.74, 6) is 1.28. The Morgan fingerprint density at radius 1 is 1.40 bits per heavy atom. The molecule has 110 valence electrons.